The van der Waals surface area contributed by atoms with Crippen LogP contribution >= 0.6 is 0 Å². The van der Waals surface area contributed by atoms with E-state index in [0.29, 0.717) is 45.3 Å². The molecule has 0 atom stereocenters. The van der Waals surface area contributed by atoms with Crippen LogP contribution in [0.3, 0.4) is 0 Å². The number of nitrogens with one attached hydrogen (secondary N) is 1. The first kappa shape index (κ1) is 18.1. The topological polar surface area (TPSA) is 82.8 Å². The molecule has 0 bridgehead atoms. The van der Waals surface area contributed by atoms with Crippen molar-refractivity contribution in [3.05, 3.63) is 35.2 Å². The third kappa shape index (κ3) is 3.23. The number of hydrogen-bond acceptors (Lipinski definition) is 7. The van der Waals surface area contributed by atoms with Crippen molar-refractivity contribution in [1.29, 1.82) is 0 Å². The van der Waals surface area contributed by atoms with Crippen LogP contribution < -0.4 is 19.5 Å². The summed E-state index contributed by atoms with van der Waals surface area (Å²) >= 11 is 0. The predicted molar refractivity (Wildman–Crippen MR) is 91.8 cm³/mol. The molecule has 0 fully saturated rings. The summed E-state index contributed by atoms with van der Waals surface area (Å²) in [5.74, 6) is 1.01. The second-order valence-corrected chi connectivity index (χ2v) is 6.15. The maximum absolute atomic E-state index is 13.1. The largest absolute Gasteiger partial charge is 0.492 e. The molecule has 1 aliphatic heterocycles. The van der Waals surface area contributed by atoms with E-state index in [2.05, 4.69) is 20.6 Å². The van der Waals surface area contributed by atoms with Crippen molar-refractivity contribution in [2.24, 2.45) is 0 Å². The van der Waals surface area contributed by atoms with Gasteiger partial charge >= 0.3 is 6.18 Å². The van der Waals surface area contributed by atoms with E-state index < -0.39 is 12.0 Å². The van der Waals surface area contributed by atoms with Gasteiger partial charge in [-0.3, -0.25) is 0 Å². The fraction of sp³-hybridized carbons (Fsp3) is 0.353. The summed E-state index contributed by atoms with van der Waals surface area (Å²) in [6, 6.07) is 5.22. The molecule has 0 saturated heterocycles. The first-order chi connectivity index (χ1) is 13.3. The van der Waals surface area contributed by atoms with E-state index in [1.165, 1.54) is 0 Å². The van der Waals surface area contributed by atoms with Crippen LogP contribution in [0.25, 0.3) is 5.65 Å². The smallest absolute Gasteiger partial charge is 0.453 e. The molecule has 1 aromatic carbocycles. The van der Waals surface area contributed by atoms with Gasteiger partial charge in [-0.05, 0) is 31.5 Å². The zero-order valence-electron chi connectivity index (χ0n) is 15.0. The molecule has 148 valence electrons. The molecular weight excluding hydrogens is 379 g/mol. The lowest BCUT2D eigenvalue weighted by molar-refractivity contribution is -0.146. The lowest BCUT2D eigenvalue weighted by Gasteiger charge is -2.13. The van der Waals surface area contributed by atoms with Crippen molar-refractivity contribution < 1.29 is 27.4 Å². The molecule has 8 nitrogen and oxygen atoms in total. The fourth-order valence-corrected chi connectivity index (χ4v) is 2.78. The Morgan fingerprint density at radius 3 is 2.71 bits per heavy atom. The van der Waals surface area contributed by atoms with Gasteiger partial charge in [0.05, 0.1) is 6.54 Å². The summed E-state index contributed by atoms with van der Waals surface area (Å²) in [5, 5.41) is 13.9. The summed E-state index contributed by atoms with van der Waals surface area (Å²) in [7, 11) is 0. The monoisotopic (exact) mass is 395 g/mol. The Balaban J connectivity index is 1.46. The molecule has 0 aliphatic carbocycles. The highest BCUT2D eigenvalue weighted by Gasteiger charge is 2.38. The molecule has 4 rings (SSSR count). The number of hydrogen-bond donors (Lipinski definition) is 1. The van der Waals surface area contributed by atoms with Crippen molar-refractivity contribution >= 4 is 11.5 Å². The highest BCUT2D eigenvalue weighted by molar-refractivity contribution is 5.58. The molecular formula is C17H16F3N5O3. The van der Waals surface area contributed by atoms with Gasteiger partial charge in [-0.15, -0.1) is 15.3 Å². The third-order valence-corrected chi connectivity index (χ3v) is 4.35. The third-order valence-electron chi connectivity index (χ3n) is 4.35. The first-order valence-electron chi connectivity index (χ1n) is 8.40. The number of halogens is 3. The van der Waals surface area contributed by atoms with Crippen molar-refractivity contribution in [2.45, 2.75) is 20.0 Å². The van der Waals surface area contributed by atoms with Gasteiger partial charge in [0.25, 0.3) is 5.82 Å². The van der Waals surface area contributed by atoms with Gasteiger partial charge in [-0.2, -0.15) is 17.7 Å². The Kier molecular flexibility index (Phi) is 4.36. The van der Waals surface area contributed by atoms with Gasteiger partial charge in [-0.1, -0.05) is 0 Å². The van der Waals surface area contributed by atoms with Crippen LogP contribution in [0.4, 0.5) is 19.0 Å². The van der Waals surface area contributed by atoms with Crippen LogP contribution in [-0.4, -0.2) is 39.8 Å². The Labute approximate surface area is 157 Å². The maximum Gasteiger partial charge on any atom is 0.453 e. The van der Waals surface area contributed by atoms with Crippen LogP contribution in [0.2, 0.25) is 0 Å². The summed E-state index contributed by atoms with van der Waals surface area (Å²) in [5.41, 5.74) is 1.33. The Morgan fingerprint density at radius 1 is 1.14 bits per heavy atom. The lowest BCUT2D eigenvalue weighted by atomic mass is 10.2. The highest BCUT2D eigenvalue weighted by atomic mass is 19.4. The van der Waals surface area contributed by atoms with Crippen molar-refractivity contribution in [3.8, 4) is 17.2 Å². The van der Waals surface area contributed by atoms with E-state index in [9.17, 15) is 13.2 Å². The van der Waals surface area contributed by atoms with Gasteiger partial charge in [0.2, 0.25) is 6.79 Å². The van der Waals surface area contributed by atoms with Crippen LogP contribution in [0.1, 0.15) is 17.0 Å². The quantitative estimate of drug-likeness (QED) is 0.665. The van der Waals surface area contributed by atoms with E-state index in [4.69, 9.17) is 14.2 Å². The highest BCUT2D eigenvalue weighted by Crippen LogP contribution is 2.35. The van der Waals surface area contributed by atoms with Gasteiger partial charge in [0.1, 0.15) is 12.4 Å². The Morgan fingerprint density at radius 2 is 1.93 bits per heavy atom. The Hall–Kier alpha value is -3.24. The molecule has 0 radical (unpaired) electrons. The molecule has 0 amide bonds. The van der Waals surface area contributed by atoms with Gasteiger partial charge in [0, 0.05) is 11.6 Å². The molecule has 0 spiro atoms. The van der Waals surface area contributed by atoms with E-state index in [1.54, 1.807) is 32.0 Å². The molecule has 3 aromatic rings. The number of alkyl halides is 3. The molecule has 1 N–H and O–H groups in total. The number of rotatable bonds is 5. The number of nitrogens with zero attached hydrogens (tertiary/aromatic N) is 4. The predicted octanol–water partition coefficient (Wildman–Crippen LogP) is 2.98. The second kappa shape index (κ2) is 6.73. The molecule has 11 heteroatoms. The number of anilines is 1. The zero-order valence-corrected chi connectivity index (χ0v) is 15.0. The van der Waals surface area contributed by atoms with E-state index in [1.807, 2.05) is 0 Å². The normalized spacial score (nSPS) is 13.2. The number of aryl methyl sites for hydroxylation is 1. The van der Waals surface area contributed by atoms with Gasteiger partial charge in [-0.25, -0.2) is 0 Å². The summed E-state index contributed by atoms with van der Waals surface area (Å²) in [4.78, 5) is 0. The molecule has 28 heavy (non-hydrogen) atoms. The fourth-order valence-electron chi connectivity index (χ4n) is 2.78. The lowest BCUT2D eigenvalue weighted by Crippen LogP contribution is -2.17. The number of aromatic nitrogens is 4. The van der Waals surface area contributed by atoms with Crippen molar-refractivity contribution in [3.63, 3.8) is 0 Å². The van der Waals surface area contributed by atoms with Crippen LogP contribution in [0, 0.1) is 13.8 Å². The van der Waals surface area contributed by atoms with E-state index >= 15 is 0 Å². The average molecular weight is 395 g/mol. The van der Waals surface area contributed by atoms with Crippen LogP contribution in [-0.2, 0) is 6.18 Å². The molecule has 2 aromatic heterocycles. The van der Waals surface area contributed by atoms with Crippen molar-refractivity contribution in [2.75, 3.05) is 25.3 Å². The molecule has 0 saturated carbocycles. The SMILES string of the molecule is Cc1c(NCCOc2ccc3c(c2)OCO3)nn2c(C(F)(F)F)nnc2c1C. The van der Waals surface area contributed by atoms with E-state index in [-0.39, 0.29) is 19.0 Å². The minimum Gasteiger partial charge on any atom is -0.492 e. The molecule has 0 unspecified atom stereocenters. The number of ether oxygens (including phenoxy) is 3. The van der Waals surface area contributed by atoms with Crippen LogP contribution in [0.15, 0.2) is 18.2 Å². The van der Waals surface area contributed by atoms with Crippen molar-refractivity contribution in [1.82, 2.24) is 19.8 Å². The summed E-state index contributed by atoms with van der Waals surface area (Å²) in [6.45, 7) is 4.21. The summed E-state index contributed by atoms with van der Waals surface area (Å²) in [6.07, 6.45) is -4.64. The van der Waals surface area contributed by atoms with Gasteiger partial charge in [0.15, 0.2) is 23.0 Å². The van der Waals surface area contributed by atoms with Gasteiger partial charge < -0.3 is 19.5 Å². The molecule has 3 heterocycles. The molecule has 1 aliphatic rings. The minimum atomic E-state index is -4.64. The van der Waals surface area contributed by atoms with E-state index in [0.717, 1.165) is 0 Å². The number of fused-ring (bicyclic) bond motifs is 2. The number of benzene rings is 1. The maximum atomic E-state index is 13.1. The minimum absolute atomic E-state index is 0.0759. The first-order valence-corrected chi connectivity index (χ1v) is 8.40. The van der Waals surface area contributed by atoms with Crippen LogP contribution in [0.5, 0.6) is 17.2 Å². The standard InChI is InChI=1S/C17H16F3N5O3/c1-9-10(2)15-22-23-16(17(18,19)20)25(15)24-14(9)21-5-6-26-11-3-4-12-13(7-11)28-8-27-12/h3-4,7H,5-6,8H2,1-2H3,(H,21,24). The average Bonchev–Trinajstić information content (AvgIpc) is 3.28. The zero-order chi connectivity index (χ0) is 19.9. The second-order valence-electron chi connectivity index (χ2n) is 6.15. The summed E-state index contributed by atoms with van der Waals surface area (Å²) < 4.78 is 56.1. The Bertz CT molecular complexity index is 1040.